The Labute approximate surface area is 134 Å². The first-order valence-corrected chi connectivity index (χ1v) is 7.25. The average Bonchev–Trinajstić information content (AvgIpc) is 3.23. The maximum Gasteiger partial charge on any atom is 0.333 e. The van der Waals surface area contributed by atoms with Gasteiger partial charge in [-0.15, -0.1) is 0 Å². The van der Waals surface area contributed by atoms with Gasteiger partial charge in [0.1, 0.15) is 23.4 Å². The van der Waals surface area contributed by atoms with Crippen LogP contribution in [0.15, 0.2) is 61.1 Å². The number of benzene rings is 1. The molecule has 0 saturated carbocycles. The van der Waals surface area contributed by atoms with Crippen LogP contribution in [0.25, 0.3) is 22.1 Å². The van der Waals surface area contributed by atoms with Crippen molar-refractivity contribution in [2.75, 3.05) is 0 Å². The lowest BCUT2D eigenvalue weighted by atomic mass is 10.2. The molecular weight excluding hydrogens is 310 g/mol. The van der Waals surface area contributed by atoms with Crippen LogP contribution in [0.5, 0.6) is 0 Å². The zero-order valence-corrected chi connectivity index (χ0v) is 12.4. The predicted octanol–water partition coefficient (Wildman–Crippen LogP) is 2.07. The summed E-state index contributed by atoms with van der Waals surface area (Å²) in [7, 11) is 0. The van der Waals surface area contributed by atoms with E-state index in [0.29, 0.717) is 22.2 Å². The molecule has 0 spiro atoms. The molecule has 0 aliphatic rings. The SMILES string of the molecule is N#CCn1c(=O)n(Cc2ccco2)c(=O)c2oc3ccccc3c21. The third-order valence-corrected chi connectivity index (χ3v) is 3.86. The summed E-state index contributed by atoms with van der Waals surface area (Å²) >= 11 is 0. The number of fused-ring (bicyclic) bond motifs is 3. The number of nitrogens with zero attached hydrogens (tertiary/aromatic N) is 3. The summed E-state index contributed by atoms with van der Waals surface area (Å²) in [6, 6.07) is 12.3. The van der Waals surface area contributed by atoms with Gasteiger partial charge in [-0.3, -0.25) is 9.36 Å². The smallest absolute Gasteiger partial charge is 0.333 e. The van der Waals surface area contributed by atoms with Gasteiger partial charge in [-0.2, -0.15) is 5.26 Å². The predicted molar refractivity (Wildman–Crippen MR) is 85.7 cm³/mol. The molecule has 0 aliphatic heterocycles. The minimum absolute atomic E-state index is 0.0247. The molecule has 0 fully saturated rings. The maximum absolute atomic E-state index is 12.8. The zero-order valence-electron chi connectivity index (χ0n) is 12.4. The van der Waals surface area contributed by atoms with Crippen molar-refractivity contribution in [1.29, 1.82) is 5.26 Å². The van der Waals surface area contributed by atoms with E-state index in [4.69, 9.17) is 14.1 Å². The molecule has 3 heterocycles. The lowest BCUT2D eigenvalue weighted by Gasteiger charge is -2.08. The van der Waals surface area contributed by atoms with Crippen molar-refractivity contribution in [1.82, 2.24) is 9.13 Å². The number of hydrogen-bond donors (Lipinski definition) is 0. The Kier molecular flexibility index (Phi) is 3.10. The Balaban J connectivity index is 2.12. The number of para-hydroxylation sites is 1. The van der Waals surface area contributed by atoms with Gasteiger partial charge in [0.2, 0.25) is 5.58 Å². The third-order valence-electron chi connectivity index (χ3n) is 3.86. The molecular formula is C17H11N3O4. The van der Waals surface area contributed by atoms with Crippen molar-refractivity contribution < 1.29 is 8.83 Å². The van der Waals surface area contributed by atoms with E-state index in [0.717, 1.165) is 4.57 Å². The van der Waals surface area contributed by atoms with Crippen LogP contribution < -0.4 is 11.2 Å². The second-order valence-electron chi connectivity index (χ2n) is 5.27. The van der Waals surface area contributed by atoms with E-state index in [1.54, 1.807) is 36.4 Å². The Bertz CT molecular complexity index is 1200. The Morgan fingerprint density at radius 3 is 2.67 bits per heavy atom. The van der Waals surface area contributed by atoms with Gasteiger partial charge in [-0.1, -0.05) is 12.1 Å². The highest BCUT2D eigenvalue weighted by molar-refractivity contribution is 6.02. The molecule has 0 aliphatic carbocycles. The Morgan fingerprint density at radius 2 is 1.92 bits per heavy atom. The summed E-state index contributed by atoms with van der Waals surface area (Å²) in [4.78, 5) is 25.5. The molecule has 0 N–H and O–H groups in total. The van der Waals surface area contributed by atoms with Gasteiger partial charge in [0.05, 0.1) is 18.9 Å². The first-order valence-electron chi connectivity index (χ1n) is 7.25. The van der Waals surface area contributed by atoms with Crippen LogP contribution in [0.4, 0.5) is 0 Å². The molecule has 3 aromatic heterocycles. The van der Waals surface area contributed by atoms with Gasteiger partial charge in [0, 0.05) is 5.39 Å². The van der Waals surface area contributed by atoms with Crippen molar-refractivity contribution in [3.8, 4) is 6.07 Å². The van der Waals surface area contributed by atoms with E-state index in [1.807, 2.05) is 6.07 Å². The van der Waals surface area contributed by atoms with Gasteiger partial charge >= 0.3 is 5.69 Å². The summed E-state index contributed by atoms with van der Waals surface area (Å²) < 4.78 is 13.1. The van der Waals surface area contributed by atoms with Gasteiger partial charge in [-0.05, 0) is 24.3 Å². The highest BCUT2D eigenvalue weighted by atomic mass is 16.3. The fraction of sp³-hybridized carbons (Fsp3) is 0.118. The molecule has 4 aromatic rings. The van der Waals surface area contributed by atoms with Crippen LogP contribution in [0.3, 0.4) is 0 Å². The molecule has 0 bridgehead atoms. The van der Waals surface area contributed by atoms with E-state index in [1.165, 1.54) is 10.8 Å². The molecule has 7 heteroatoms. The highest BCUT2D eigenvalue weighted by Gasteiger charge is 2.20. The van der Waals surface area contributed by atoms with E-state index in [9.17, 15) is 9.59 Å². The number of nitriles is 1. The van der Waals surface area contributed by atoms with Crippen LogP contribution in [0.1, 0.15) is 5.76 Å². The molecule has 1 aromatic carbocycles. The quantitative estimate of drug-likeness (QED) is 0.576. The van der Waals surface area contributed by atoms with E-state index >= 15 is 0 Å². The van der Waals surface area contributed by atoms with Crippen LogP contribution in [0, 0.1) is 11.3 Å². The van der Waals surface area contributed by atoms with Crippen molar-refractivity contribution in [3.63, 3.8) is 0 Å². The molecule has 4 rings (SSSR count). The van der Waals surface area contributed by atoms with E-state index in [-0.39, 0.29) is 18.7 Å². The lowest BCUT2D eigenvalue weighted by molar-refractivity contribution is 0.477. The summed E-state index contributed by atoms with van der Waals surface area (Å²) in [5.74, 6) is 0.466. The van der Waals surface area contributed by atoms with Crippen LogP contribution in [-0.4, -0.2) is 9.13 Å². The van der Waals surface area contributed by atoms with Crippen LogP contribution >= 0.6 is 0 Å². The topological polar surface area (TPSA) is 94.1 Å². The van der Waals surface area contributed by atoms with Crippen molar-refractivity contribution in [3.05, 3.63) is 69.3 Å². The molecule has 0 amide bonds. The first kappa shape index (κ1) is 14.1. The standard InChI is InChI=1S/C17H11N3O4/c18-7-8-19-14-12-5-1-2-6-13(12)24-15(14)16(21)20(17(19)22)10-11-4-3-9-23-11/h1-6,9H,8,10H2. The van der Waals surface area contributed by atoms with E-state index < -0.39 is 11.2 Å². The maximum atomic E-state index is 12.8. The summed E-state index contributed by atoms with van der Waals surface area (Å²) in [5, 5.41) is 9.71. The summed E-state index contributed by atoms with van der Waals surface area (Å²) in [6.45, 7) is -0.208. The molecule has 0 atom stereocenters. The second-order valence-corrected chi connectivity index (χ2v) is 5.27. The highest BCUT2D eigenvalue weighted by Crippen LogP contribution is 2.25. The van der Waals surface area contributed by atoms with Gasteiger partial charge in [0.15, 0.2) is 0 Å². The number of furan rings is 2. The average molecular weight is 321 g/mol. The summed E-state index contributed by atoms with van der Waals surface area (Å²) in [6.07, 6.45) is 1.47. The fourth-order valence-corrected chi connectivity index (χ4v) is 2.81. The van der Waals surface area contributed by atoms with Crippen molar-refractivity contribution in [2.24, 2.45) is 0 Å². The van der Waals surface area contributed by atoms with Gasteiger partial charge in [-0.25, -0.2) is 9.36 Å². The number of aromatic nitrogens is 2. The molecule has 24 heavy (non-hydrogen) atoms. The van der Waals surface area contributed by atoms with Crippen LogP contribution in [-0.2, 0) is 13.1 Å². The second kappa shape index (κ2) is 5.28. The minimum atomic E-state index is -0.572. The first-order chi connectivity index (χ1) is 11.7. The molecule has 0 saturated heterocycles. The molecule has 118 valence electrons. The van der Waals surface area contributed by atoms with E-state index in [2.05, 4.69) is 0 Å². The summed E-state index contributed by atoms with van der Waals surface area (Å²) in [5.41, 5.74) is -0.226. The monoisotopic (exact) mass is 321 g/mol. The lowest BCUT2D eigenvalue weighted by Crippen LogP contribution is -2.39. The number of rotatable bonds is 3. The van der Waals surface area contributed by atoms with Gasteiger partial charge < -0.3 is 8.83 Å². The van der Waals surface area contributed by atoms with Crippen LogP contribution in [0.2, 0.25) is 0 Å². The van der Waals surface area contributed by atoms with Crippen molar-refractivity contribution >= 4 is 22.1 Å². The molecule has 7 nitrogen and oxygen atoms in total. The van der Waals surface area contributed by atoms with Gasteiger partial charge in [0.25, 0.3) is 5.56 Å². The molecule has 0 radical (unpaired) electrons. The third kappa shape index (κ3) is 1.97. The zero-order chi connectivity index (χ0) is 16.7. The molecule has 0 unspecified atom stereocenters. The Hall–Kier alpha value is -3.53. The minimum Gasteiger partial charge on any atom is -0.467 e. The normalized spacial score (nSPS) is 11.1. The largest absolute Gasteiger partial charge is 0.467 e. The van der Waals surface area contributed by atoms with Crippen molar-refractivity contribution in [2.45, 2.75) is 13.1 Å². The number of hydrogen-bond acceptors (Lipinski definition) is 5. The Morgan fingerprint density at radius 1 is 1.08 bits per heavy atom. The fourth-order valence-electron chi connectivity index (χ4n) is 2.81.